The second kappa shape index (κ2) is 12.9. The van der Waals surface area contributed by atoms with Crippen LogP contribution in [0.15, 0.2) is 51.9 Å². The average molecular weight is 523 g/mol. The lowest BCUT2D eigenvalue weighted by atomic mass is 9.98. The largest absolute Gasteiger partial charge is 0.392 e. The number of aryl methyl sites for hydroxylation is 1. The number of halogens is 1. The molecule has 9 nitrogen and oxygen atoms in total. The van der Waals surface area contributed by atoms with Gasteiger partial charge in [-0.2, -0.15) is 0 Å². The first-order valence-corrected chi connectivity index (χ1v) is 12.8. The third-order valence-corrected chi connectivity index (χ3v) is 7.36. The van der Waals surface area contributed by atoms with Crippen molar-refractivity contribution in [2.75, 3.05) is 44.6 Å². The first kappa shape index (κ1) is 27.8. The summed E-state index contributed by atoms with van der Waals surface area (Å²) in [7, 11) is -2.67. The zero-order valence-electron chi connectivity index (χ0n) is 20.6. The van der Waals surface area contributed by atoms with Gasteiger partial charge < -0.3 is 23.8 Å². The van der Waals surface area contributed by atoms with Crippen LogP contribution in [0, 0.1) is 13.8 Å². The number of anilines is 1. The summed E-state index contributed by atoms with van der Waals surface area (Å²) in [4.78, 5) is 0.0175. The van der Waals surface area contributed by atoms with E-state index in [4.69, 9.17) is 18.7 Å². The van der Waals surface area contributed by atoms with E-state index in [1.54, 1.807) is 50.2 Å². The van der Waals surface area contributed by atoms with Crippen molar-refractivity contribution in [1.29, 1.82) is 0 Å². The Balaban J connectivity index is 2.11. The fourth-order valence-corrected chi connectivity index (χ4v) is 5.12. The highest BCUT2D eigenvalue weighted by atomic mass is 32.2. The molecule has 2 aromatic carbocycles. The third-order valence-electron chi connectivity index (χ3n) is 5.59. The molecule has 0 saturated heterocycles. The molecule has 3 aromatic rings. The summed E-state index contributed by atoms with van der Waals surface area (Å²) in [6.07, 6.45) is 0. The van der Waals surface area contributed by atoms with Gasteiger partial charge in [-0.05, 0) is 36.6 Å². The molecule has 3 rings (SSSR count). The van der Waals surface area contributed by atoms with Crippen LogP contribution >= 0.6 is 0 Å². The van der Waals surface area contributed by atoms with Crippen molar-refractivity contribution in [3.63, 3.8) is 0 Å². The minimum Gasteiger partial charge on any atom is -0.392 e. The Kier molecular flexibility index (Phi) is 9.97. The van der Waals surface area contributed by atoms with E-state index in [0.29, 0.717) is 40.2 Å². The van der Waals surface area contributed by atoms with E-state index in [2.05, 4.69) is 5.16 Å². The zero-order chi connectivity index (χ0) is 26.1. The summed E-state index contributed by atoms with van der Waals surface area (Å²) in [5.41, 5.74) is 2.81. The number of aliphatic hydroxyl groups excluding tert-OH is 1. The van der Waals surface area contributed by atoms with E-state index < -0.39 is 16.7 Å². The van der Waals surface area contributed by atoms with Crippen molar-refractivity contribution in [3.05, 3.63) is 64.9 Å². The summed E-state index contributed by atoms with van der Waals surface area (Å²) in [5, 5.41) is 13.6. The maximum atomic E-state index is 14.1. The lowest BCUT2D eigenvalue weighted by Crippen LogP contribution is -2.35. The average Bonchev–Trinajstić information content (AvgIpc) is 3.21. The molecule has 11 heteroatoms. The standard InChI is InChI=1S/C25H31FN2O7S/c1-18-19(2)35-27-25(18)28(17-34-13-12-32-3)36(30,31)24-7-5-4-6-23(24)22-9-8-20(15-29)14-21(22)16-33-11-10-26/h4-9,14,29H,10-13,15-17H2,1-3H3. The lowest BCUT2D eigenvalue weighted by Gasteiger charge is -2.24. The van der Waals surface area contributed by atoms with Gasteiger partial charge in [0.05, 0.1) is 37.9 Å². The van der Waals surface area contributed by atoms with Crippen molar-refractivity contribution in [1.82, 2.24) is 5.16 Å². The maximum Gasteiger partial charge on any atom is 0.268 e. The quantitative estimate of drug-likeness (QED) is 0.252. The Morgan fingerprint density at radius 1 is 1.06 bits per heavy atom. The molecule has 0 amide bonds. The monoisotopic (exact) mass is 522 g/mol. The van der Waals surface area contributed by atoms with E-state index in [0.717, 1.165) is 4.31 Å². The van der Waals surface area contributed by atoms with Gasteiger partial charge in [0.15, 0.2) is 5.82 Å². The lowest BCUT2D eigenvalue weighted by molar-refractivity contribution is 0.0753. The van der Waals surface area contributed by atoms with E-state index in [-0.39, 0.29) is 43.9 Å². The van der Waals surface area contributed by atoms with Gasteiger partial charge in [0, 0.05) is 18.2 Å². The number of aliphatic hydroxyl groups is 1. The Hall–Kier alpha value is -2.83. The molecule has 36 heavy (non-hydrogen) atoms. The van der Waals surface area contributed by atoms with Gasteiger partial charge in [0.25, 0.3) is 10.0 Å². The molecule has 0 bridgehead atoms. The van der Waals surface area contributed by atoms with Gasteiger partial charge in [-0.25, -0.2) is 17.1 Å². The van der Waals surface area contributed by atoms with Crippen molar-refractivity contribution < 1.29 is 36.6 Å². The zero-order valence-corrected chi connectivity index (χ0v) is 21.4. The Labute approximate surface area is 210 Å². The van der Waals surface area contributed by atoms with Crippen LogP contribution in [0.5, 0.6) is 0 Å². The van der Waals surface area contributed by atoms with Crippen molar-refractivity contribution in [3.8, 4) is 11.1 Å². The highest BCUT2D eigenvalue weighted by molar-refractivity contribution is 7.93. The molecule has 1 heterocycles. The number of ether oxygens (including phenoxy) is 3. The summed E-state index contributed by atoms with van der Waals surface area (Å²) in [5.74, 6) is 0.615. The van der Waals surface area contributed by atoms with Crippen LogP contribution in [-0.4, -0.2) is 59.0 Å². The molecule has 0 aliphatic rings. The maximum absolute atomic E-state index is 14.1. The molecule has 0 fully saturated rings. The molecule has 0 unspecified atom stereocenters. The van der Waals surface area contributed by atoms with Crippen LogP contribution in [0.4, 0.5) is 10.2 Å². The Morgan fingerprint density at radius 2 is 1.83 bits per heavy atom. The first-order chi connectivity index (χ1) is 17.3. The molecule has 0 aliphatic carbocycles. The van der Waals surface area contributed by atoms with Crippen molar-refractivity contribution in [2.24, 2.45) is 0 Å². The van der Waals surface area contributed by atoms with Gasteiger partial charge in [0.2, 0.25) is 0 Å². The van der Waals surface area contributed by atoms with Crippen molar-refractivity contribution in [2.45, 2.75) is 32.0 Å². The molecule has 0 spiro atoms. The molecular weight excluding hydrogens is 491 g/mol. The number of alkyl halides is 1. The second-order valence-electron chi connectivity index (χ2n) is 7.96. The Bertz CT molecular complexity index is 1250. The van der Waals surface area contributed by atoms with Gasteiger partial charge in [0.1, 0.15) is 19.2 Å². The summed E-state index contributed by atoms with van der Waals surface area (Å²) in [6, 6.07) is 11.7. The predicted molar refractivity (Wildman–Crippen MR) is 132 cm³/mol. The van der Waals surface area contributed by atoms with Gasteiger partial charge in [-0.15, -0.1) is 0 Å². The fraction of sp³-hybridized carbons (Fsp3) is 0.400. The highest BCUT2D eigenvalue weighted by Crippen LogP contribution is 2.35. The molecular formula is C25H31FN2O7S. The summed E-state index contributed by atoms with van der Waals surface area (Å²) < 4.78 is 63.0. The van der Waals surface area contributed by atoms with Crippen LogP contribution in [0.25, 0.3) is 11.1 Å². The van der Waals surface area contributed by atoms with E-state index in [1.165, 1.54) is 13.2 Å². The van der Waals surface area contributed by atoms with E-state index in [9.17, 15) is 17.9 Å². The molecule has 0 saturated carbocycles. The van der Waals surface area contributed by atoms with Gasteiger partial charge in [-0.3, -0.25) is 0 Å². The van der Waals surface area contributed by atoms with Crippen LogP contribution in [0.3, 0.4) is 0 Å². The number of aromatic nitrogens is 1. The first-order valence-electron chi connectivity index (χ1n) is 11.3. The molecule has 1 N–H and O–H groups in total. The van der Waals surface area contributed by atoms with Crippen LogP contribution in [0.2, 0.25) is 0 Å². The van der Waals surface area contributed by atoms with Gasteiger partial charge >= 0.3 is 0 Å². The summed E-state index contributed by atoms with van der Waals surface area (Å²) >= 11 is 0. The molecule has 1 aromatic heterocycles. The Morgan fingerprint density at radius 3 is 2.50 bits per heavy atom. The number of methoxy groups -OCH3 is 1. The van der Waals surface area contributed by atoms with E-state index in [1.807, 2.05) is 0 Å². The number of sulfonamides is 1. The smallest absolute Gasteiger partial charge is 0.268 e. The fourth-order valence-electron chi connectivity index (χ4n) is 3.57. The minimum atomic E-state index is -4.19. The normalized spacial score (nSPS) is 11.7. The highest BCUT2D eigenvalue weighted by Gasteiger charge is 2.32. The predicted octanol–water partition coefficient (Wildman–Crippen LogP) is 3.75. The van der Waals surface area contributed by atoms with E-state index >= 15 is 0 Å². The number of hydrogen-bond acceptors (Lipinski definition) is 8. The second-order valence-corrected chi connectivity index (χ2v) is 9.79. The molecule has 0 aliphatic heterocycles. The topological polar surface area (TPSA) is 111 Å². The molecule has 196 valence electrons. The number of nitrogens with zero attached hydrogens (tertiary/aromatic N) is 2. The van der Waals surface area contributed by atoms with Crippen LogP contribution in [-0.2, 0) is 37.4 Å². The minimum absolute atomic E-state index is 0.0175. The summed E-state index contributed by atoms with van der Waals surface area (Å²) in [6.45, 7) is 2.69. The van der Waals surface area contributed by atoms with Gasteiger partial charge in [-0.1, -0.05) is 41.6 Å². The molecule has 0 radical (unpaired) electrons. The van der Waals surface area contributed by atoms with Crippen molar-refractivity contribution >= 4 is 15.8 Å². The third kappa shape index (κ3) is 6.29. The SMILES string of the molecule is COCCOCN(c1noc(C)c1C)S(=O)(=O)c1ccccc1-c1ccc(CO)cc1COCCF. The number of benzene rings is 2. The van der Waals surface area contributed by atoms with Crippen LogP contribution < -0.4 is 4.31 Å². The number of hydrogen-bond donors (Lipinski definition) is 1. The number of rotatable bonds is 14. The van der Waals surface area contributed by atoms with Crippen LogP contribution in [0.1, 0.15) is 22.5 Å². The molecule has 0 atom stereocenters.